The molecule has 9 nitrogen and oxygen atoms in total. The molecule has 0 aliphatic heterocycles. The number of carbonyl (C=O) groups is 3. The van der Waals surface area contributed by atoms with Crippen molar-refractivity contribution >= 4 is 17.9 Å². The van der Waals surface area contributed by atoms with Crippen LogP contribution in [0.4, 0.5) is 0 Å². The molecule has 0 N–H and O–H groups in total. The van der Waals surface area contributed by atoms with Gasteiger partial charge in [-0.15, -0.1) is 0 Å². The number of unbranched alkanes of at least 4 members (excludes halogenated alkanes) is 33. The molecule has 0 aliphatic carbocycles. The van der Waals surface area contributed by atoms with Crippen LogP contribution in [0.5, 0.6) is 0 Å². The maximum absolute atomic E-state index is 12.7. The number of aliphatic carboxylic acids is 1. The standard InChI is InChI=1S/C54H103NO8/c1-6-8-10-12-13-14-15-16-17-18-19-20-21-22-23-24-25-26-27-28-29-30-31-32-33-34-35-36-37-38-39-41-43-45-52(57)63-50(48-61-51(56)44-42-40-11-9-7-2)49-62-54(53(58)59)60-47-46-55(3,4)5/h18-19,50,54H,6-17,20-49H2,1-5H3/b19-18-. The molecule has 9 heteroatoms. The maximum atomic E-state index is 12.7. The SMILES string of the molecule is CCCCCCCCCC/C=C\CCCCCCCCCCCCCCCCCCCCCCCC(=O)OC(COC(=O)CCCCCCC)COC(OCC[N+](C)(C)C)C(=O)[O-]. The Morgan fingerprint density at radius 1 is 0.460 bits per heavy atom. The fourth-order valence-electron chi connectivity index (χ4n) is 7.83. The quantitative estimate of drug-likeness (QED) is 0.0195. The zero-order chi connectivity index (χ0) is 46.3. The Hall–Kier alpha value is -1.97. The van der Waals surface area contributed by atoms with Gasteiger partial charge in [-0.05, 0) is 38.5 Å². The van der Waals surface area contributed by atoms with Crippen molar-refractivity contribution < 1.29 is 42.9 Å². The van der Waals surface area contributed by atoms with Crippen LogP contribution < -0.4 is 5.11 Å². The van der Waals surface area contributed by atoms with E-state index >= 15 is 0 Å². The largest absolute Gasteiger partial charge is 0.545 e. The Bertz CT molecular complexity index is 1040. The third-order valence-electron chi connectivity index (χ3n) is 12.0. The van der Waals surface area contributed by atoms with Gasteiger partial charge in [-0.2, -0.15) is 0 Å². The lowest BCUT2D eigenvalue weighted by atomic mass is 10.0. The first-order chi connectivity index (χ1) is 30.6. The highest BCUT2D eigenvalue weighted by atomic mass is 16.7. The van der Waals surface area contributed by atoms with E-state index in [2.05, 4.69) is 26.0 Å². The van der Waals surface area contributed by atoms with Gasteiger partial charge in [0.15, 0.2) is 12.4 Å². The fraction of sp³-hybridized carbons (Fsp3) is 0.907. The Kier molecular flexibility index (Phi) is 45.1. The molecule has 372 valence electrons. The average molecular weight is 894 g/mol. The molecule has 63 heavy (non-hydrogen) atoms. The third kappa shape index (κ3) is 47.8. The van der Waals surface area contributed by atoms with Crippen molar-refractivity contribution in [1.82, 2.24) is 0 Å². The van der Waals surface area contributed by atoms with Crippen LogP contribution >= 0.6 is 0 Å². The second kappa shape index (κ2) is 46.6. The lowest BCUT2D eigenvalue weighted by Gasteiger charge is -2.26. The summed E-state index contributed by atoms with van der Waals surface area (Å²) >= 11 is 0. The number of ether oxygens (including phenoxy) is 4. The van der Waals surface area contributed by atoms with E-state index in [1.165, 1.54) is 180 Å². The van der Waals surface area contributed by atoms with E-state index in [9.17, 15) is 19.5 Å². The molecule has 0 bridgehead atoms. The molecule has 0 saturated heterocycles. The topological polar surface area (TPSA) is 111 Å². The van der Waals surface area contributed by atoms with Gasteiger partial charge in [0.1, 0.15) is 13.2 Å². The number of hydrogen-bond acceptors (Lipinski definition) is 8. The van der Waals surface area contributed by atoms with Gasteiger partial charge in [-0.1, -0.05) is 219 Å². The lowest BCUT2D eigenvalue weighted by Crippen LogP contribution is -2.44. The number of carbonyl (C=O) groups excluding carboxylic acids is 3. The number of esters is 2. The first-order valence-corrected chi connectivity index (χ1v) is 26.8. The first-order valence-electron chi connectivity index (χ1n) is 26.8. The van der Waals surface area contributed by atoms with E-state index in [1.807, 2.05) is 21.1 Å². The summed E-state index contributed by atoms with van der Waals surface area (Å²) in [5.41, 5.74) is 0. The highest BCUT2D eigenvalue weighted by Gasteiger charge is 2.22. The summed E-state index contributed by atoms with van der Waals surface area (Å²) in [5.74, 6) is -2.28. The van der Waals surface area contributed by atoms with Crippen LogP contribution in [-0.4, -0.2) is 82.3 Å². The molecule has 0 aliphatic rings. The van der Waals surface area contributed by atoms with Crippen molar-refractivity contribution in [1.29, 1.82) is 0 Å². The second-order valence-electron chi connectivity index (χ2n) is 19.5. The van der Waals surface area contributed by atoms with Crippen LogP contribution in [0.15, 0.2) is 12.2 Å². The zero-order valence-electron chi connectivity index (χ0n) is 42.2. The van der Waals surface area contributed by atoms with Crippen LogP contribution in [0.1, 0.15) is 258 Å². The van der Waals surface area contributed by atoms with Crippen molar-refractivity contribution in [3.05, 3.63) is 12.2 Å². The van der Waals surface area contributed by atoms with Crippen molar-refractivity contribution in [2.45, 2.75) is 270 Å². The first kappa shape index (κ1) is 61.0. The van der Waals surface area contributed by atoms with E-state index in [4.69, 9.17) is 18.9 Å². The van der Waals surface area contributed by atoms with Crippen molar-refractivity contribution in [2.75, 3.05) is 47.5 Å². The van der Waals surface area contributed by atoms with E-state index < -0.39 is 24.3 Å². The average Bonchev–Trinajstić information content (AvgIpc) is 3.24. The maximum Gasteiger partial charge on any atom is 0.306 e. The van der Waals surface area contributed by atoms with Crippen LogP contribution in [-0.2, 0) is 33.3 Å². The predicted octanol–water partition coefficient (Wildman–Crippen LogP) is 13.7. The van der Waals surface area contributed by atoms with Gasteiger partial charge in [-0.25, -0.2) is 0 Å². The number of allylic oxidation sites excluding steroid dienone is 2. The summed E-state index contributed by atoms with van der Waals surface area (Å²) in [6.45, 7) is 4.67. The predicted molar refractivity (Wildman–Crippen MR) is 260 cm³/mol. The van der Waals surface area contributed by atoms with E-state index in [1.54, 1.807) is 0 Å². The van der Waals surface area contributed by atoms with Crippen LogP contribution in [0, 0.1) is 0 Å². The smallest absolute Gasteiger partial charge is 0.306 e. The van der Waals surface area contributed by atoms with Crippen molar-refractivity contribution in [2.24, 2.45) is 0 Å². The van der Waals surface area contributed by atoms with Gasteiger partial charge < -0.3 is 33.3 Å². The minimum Gasteiger partial charge on any atom is -0.545 e. The molecule has 0 spiro atoms. The summed E-state index contributed by atoms with van der Waals surface area (Å²) in [6.07, 6.45) is 49.1. The third-order valence-corrected chi connectivity index (χ3v) is 12.0. The summed E-state index contributed by atoms with van der Waals surface area (Å²) in [5, 5.41) is 11.6. The van der Waals surface area contributed by atoms with E-state index in [-0.39, 0.29) is 32.2 Å². The Labute approximate surface area is 389 Å². The summed E-state index contributed by atoms with van der Waals surface area (Å²) in [4.78, 5) is 36.7. The number of carboxylic acids is 1. The lowest BCUT2D eigenvalue weighted by molar-refractivity contribution is -0.870. The molecular formula is C54H103NO8. The molecule has 0 heterocycles. The van der Waals surface area contributed by atoms with Gasteiger partial charge in [0.2, 0.25) is 0 Å². The van der Waals surface area contributed by atoms with E-state index in [0.29, 0.717) is 17.4 Å². The Morgan fingerprint density at radius 2 is 0.810 bits per heavy atom. The molecule has 0 aromatic carbocycles. The number of quaternary nitrogens is 1. The molecule has 0 fully saturated rings. The number of nitrogens with zero attached hydrogens (tertiary/aromatic N) is 1. The number of rotatable bonds is 50. The van der Waals surface area contributed by atoms with E-state index in [0.717, 1.165) is 51.4 Å². The monoisotopic (exact) mass is 894 g/mol. The van der Waals surface area contributed by atoms with Crippen LogP contribution in [0.25, 0.3) is 0 Å². The summed E-state index contributed by atoms with van der Waals surface area (Å²) < 4.78 is 22.4. The van der Waals surface area contributed by atoms with Gasteiger partial charge >= 0.3 is 11.9 Å². The van der Waals surface area contributed by atoms with Gasteiger partial charge in [-0.3, -0.25) is 9.59 Å². The minimum absolute atomic E-state index is 0.151. The molecule has 2 unspecified atom stereocenters. The molecular weight excluding hydrogens is 791 g/mol. The van der Waals surface area contributed by atoms with Crippen LogP contribution in [0.3, 0.4) is 0 Å². The molecule has 0 radical (unpaired) electrons. The molecule has 0 aromatic heterocycles. The molecule has 2 atom stereocenters. The molecule has 0 saturated carbocycles. The molecule has 0 aromatic rings. The number of hydrogen-bond donors (Lipinski definition) is 0. The second-order valence-corrected chi connectivity index (χ2v) is 19.5. The molecule has 0 amide bonds. The van der Waals surface area contributed by atoms with Gasteiger partial charge in [0.25, 0.3) is 0 Å². The number of likely N-dealkylation sites (N-methyl/N-ethyl adjacent to an activating group) is 1. The van der Waals surface area contributed by atoms with Crippen molar-refractivity contribution in [3.8, 4) is 0 Å². The summed E-state index contributed by atoms with van der Waals surface area (Å²) in [7, 11) is 5.91. The van der Waals surface area contributed by atoms with Gasteiger partial charge in [0, 0.05) is 12.8 Å². The fourth-order valence-corrected chi connectivity index (χ4v) is 7.83. The normalized spacial score (nSPS) is 12.8. The zero-order valence-corrected chi connectivity index (χ0v) is 42.2. The van der Waals surface area contributed by atoms with Crippen molar-refractivity contribution in [3.63, 3.8) is 0 Å². The highest BCUT2D eigenvalue weighted by molar-refractivity contribution is 5.70. The van der Waals surface area contributed by atoms with Gasteiger partial charge in [0.05, 0.1) is 40.3 Å². The Morgan fingerprint density at radius 3 is 1.17 bits per heavy atom. The summed E-state index contributed by atoms with van der Waals surface area (Å²) in [6, 6.07) is 0. The van der Waals surface area contributed by atoms with Crippen LogP contribution in [0.2, 0.25) is 0 Å². The number of carboxylic acid groups (broad SMARTS) is 1. The molecule has 0 rings (SSSR count). The highest BCUT2D eigenvalue weighted by Crippen LogP contribution is 2.17. The minimum atomic E-state index is -1.61. The Balaban J connectivity index is 3.85.